The molecule has 0 aliphatic carbocycles. The maximum Gasteiger partial charge on any atom is 0.418 e. The molecule has 0 radical (unpaired) electrons. The van der Waals surface area contributed by atoms with Crippen LogP contribution in [0.2, 0.25) is 5.02 Å². The summed E-state index contributed by atoms with van der Waals surface area (Å²) < 4.78 is 44.7. The molecule has 0 saturated heterocycles. The fourth-order valence-electron chi connectivity index (χ4n) is 2.97. The first-order chi connectivity index (χ1) is 14.3. The van der Waals surface area contributed by atoms with Crippen molar-refractivity contribution in [2.45, 2.75) is 32.4 Å². The Morgan fingerprint density at radius 1 is 1.07 bits per heavy atom. The Hall–Kier alpha value is -2.64. The quantitative estimate of drug-likeness (QED) is 0.511. The first kappa shape index (κ1) is 22.1. The van der Waals surface area contributed by atoms with Crippen LogP contribution < -0.4 is 4.74 Å². The lowest BCUT2D eigenvalue weighted by atomic mass is 10.0. The Kier molecular flexibility index (Phi) is 6.95. The number of hydrogen-bond acceptors (Lipinski definition) is 4. The highest BCUT2D eigenvalue weighted by Gasteiger charge is 2.31. The van der Waals surface area contributed by atoms with Gasteiger partial charge in [-0.2, -0.15) is 13.2 Å². The summed E-state index contributed by atoms with van der Waals surface area (Å²) in [5.41, 5.74) is 2.41. The number of pyridine rings is 2. The first-order valence-electron chi connectivity index (χ1n) is 9.31. The summed E-state index contributed by atoms with van der Waals surface area (Å²) in [7, 11) is 0. The van der Waals surface area contributed by atoms with E-state index in [0.717, 1.165) is 23.4 Å². The van der Waals surface area contributed by atoms with Gasteiger partial charge in [-0.15, -0.1) is 0 Å². The molecular formula is C22H20ClF3N2O2. The van der Waals surface area contributed by atoms with Gasteiger partial charge in [-0.25, -0.2) is 4.98 Å². The van der Waals surface area contributed by atoms with Gasteiger partial charge in [-0.3, -0.25) is 4.98 Å². The summed E-state index contributed by atoms with van der Waals surface area (Å²) in [4.78, 5) is 8.12. The molecule has 0 aliphatic rings. The van der Waals surface area contributed by atoms with Crippen LogP contribution in [0.3, 0.4) is 0 Å². The average molecular weight is 437 g/mol. The molecule has 0 atom stereocenters. The summed E-state index contributed by atoms with van der Waals surface area (Å²) >= 11 is 5.95. The molecular weight excluding hydrogens is 417 g/mol. The number of hydrogen-bond donors (Lipinski definition) is 1. The smallest absolute Gasteiger partial charge is 0.418 e. The lowest BCUT2D eigenvalue weighted by molar-refractivity contribution is -0.137. The van der Waals surface area contributed by atoms with E-state index in [0.29, 0.717) is 35.5 Å². The predicted octanol–water partition coefficient (Wildman–Crippen LogP) is 5.77. The fourth-order valence-corrected chi connectivity index (χ4v) is 3.10. The molecule has 2 heterocycles. The minimum Gasteiger partial charge on any atom is -0.437 e. The van der Waals surface area contributed by atoms with E-state index >= 15 is 0 Å². The number of aliphatic hydroxyl groups is 1. The second-order valence-electron chi connectivity index (χ2n) is 6.84. The zero-order valence-corrected chi connectivity index (χ0v) is 17.0. The summed E-state index contributed by atoms with van der Waals surface area (Å²) in [5, 5.41) is 9.74. The van der Waals surface area contributed by atoms with Gasteiger partial charge >= 0.3 is 6.18 Å². The summed E-state index contributed by atoms with van der Waals surface area (Å²) in [5.74, 6) is 0.175. The molecule has 0 unspecified atom stereocenters. The molecule has 8 heteroatoms. The van der Waals surface area contributed by atoms with Crippen molar-refractivity contribution >= 4 is 11.6 Å². The maximum absolute atomic E-state index is 13.0. The van der Waals surface area contributed by atoms with Crippen molar-refractivity contribution in [2.75, 3.05) is 6.61 Å². The topological polar surface area (TPSA) is 55.2 Å². The molecule has 3 rings (SSSR count). The molecule has 30 heavy (non-hydrogen) atoms. The molecule has 4 nitrogen and oxygen atoms in total. The van der Waals surface area contributed by atoms with E-state index in [-0.39, 0.29) is 18.2 Å². The standard InChI is InChI=1S/C22H20ClF3N2O2/c1-14-16(3-2-8-29)10-17(9-15-4-6-19(23)7-5-15)21(28-14)30-20-11-18(12-27-13-20)22(24,25)26/h4-7,10-13,29H,2-3,8-9H2,1H3. The molecule has 3 aromatic rings. The van der Waals surface area contributed by atoms with Crippen LogP contribution in [0.5, 0.6) is 11.6 Å². The van der Waals surface area contributed by atoms with E-state index in [1.54, 1.807) is 19.1 Å². The zero-order chi connectivity index (χ0) is 21.7. The Morgan fingerprint density at radius 3 is 2.47 bits per heavy atom. The molecule has 2 aromatic heterocycles. The number of aliphatic hydroxyl groups excluding tert-OH is 1. The largest absolute Gasteiger partial charge is 0.437 e. The van der Waals surface area contributed by atoms with Crippen LogP contribution in [0.15, 0.2) is 48.8 Å². The second kappa shape index (κ2) is 9.45. The van der Waals surface area contributed by atoms with Crippen LogP contribution in [0, 0.1) is 6.92 Å². The molecule has 0 bridgehead atoms. The Bertz CT molecular complexity index is 1010. The van der Waals surface area contributed by atoms with Crippen LogP contribution in [0.4, 0.5) is 13.2 Å². The van der Waals surface area contributed by atoms with Crippen molar-refractivity contribution in [3.63, 3.8) is 0 Å². The van der Waals surface area contributed by atoms with Crippen molar-refractivity contribution in [1.29, 1.82) is 0 Å². The molecule has 1 aromatic carbocycles. The van der Waals surface area contributed by atoms with Gasteiger partial charge in [0.15, 0.2) is 0 Å². The van der Waals surface area contributed by atoms with Crippen LogP contribution >= 0.6 is 11.6 Å². The van der Waals surface area contributed by atoms with Gasteiger partial charge in [-0.05, 0) is 55.2 Å². The van der Waals surface area contributed by atoms with Gasteiger partial charge in [0.1, 0.15) is 5.75 Å². The third-order valence-electron chi connectivity index (χ3n) is 4.52. The third-order valence-corrected chi connectivity index (χ3v) is 4.78. The zero-order valence-electron chi connectivity index (χ0n) is 16.2. The normalized spacial score (nSPS) is 11.5. The Balaban J connectivity index is 1.97. The molecule has 1 N–H and O–H groups in total. The van der Waals surface area contributed by atoms with E-state index in [2.05, 4.69) is 9.97 Å². The minimum absolute atomic E-state index is 0.0443. The van der Waals surface area contributed by atoms with Gasteiger partial charge in [0.05, 0.1) is 11.8 Å². The van der Waals surface area contributed by atoms with Crippen molar-refractivity contribution in [1.82, 2.24) is 9.97 Å². The third kappa shape index (κ3) is 5.70. The Labute approximate surface area is 177 Å². The minimum atomic E-state index is -4.52. The summed E-state index contributed by atoms with van der Waals surface area (Å²) in [6.07, 6.45) is -0.876. The number of aryl methyl sites for hydroxylation is 2. The predicted molar refractivity (Wildman–Crippen MR) is 108 cm³/mol. The monoisotopic (exact) mass is 436 g/mol. The fraction of sp³-hybridized carbons (Fsp3) is 0.273. The van der Waals surface area contributed by atoms with Crippen LogP contribution in [-0.4, -0.2) is 21.7 Å². The van der Waals surface area contributed by atoms with Crippen molar-refractivity contribution in [3.05, 3.63) is 81.8 Å². The van der Waals surface area contributed by atoms with Crippen LogP contribution in [0.1, 0.15) is 34.4 Å². The van der Waals surface area contributed by atoms with Gasteiger partial charge in [0, 0.05) is 35.5 Å². The number of aromatic nitrogens is 2. The van der Waals surface area contributed by atoms with E-state index in [9.17, 15) is 13.2 Å². The molecule has 0 amide bonds. The maximum atomic E-state index is 13.0. The summed E-state index contributed by atoms with van der Waals surface area (Å²) in [6.45, 7) is 1.86. The molecule has 158 valence electrons. The van der Waals surface area contributed by atoms with Crippen molar-refractivity contribution < 1.29 is 23.0 Å². The highest BCUT2D eigenvalue weighted by molar-refractivity contribution is 6.30. The van der Waals surface area contributed by atoms with E-state index < -0.39 is 11.7 Å². The SMILES string of the molecule is Cc1nc(Oc2cncc(C(F)(F)F)c2)c(Cc2ccc(Cl)cc2)cc1CCCO. The van der Waals surface area contributed by atoms with E-state index in [1.807, 2.05) is 18.2 Å². The van der Waals surface area contributed by atoms with Crippen LogP contribution in [0.25, 0.3) is 0 Å². The lowest BCUT2D eigenvalue weighted by Gasteiger charge is -2.15. The van der Waals surface area contributed by atoms with Gasteiger partial charge < -0.3 is 9.84 Å². The number of rotatable bonds is 7. The van der Waals surface area contributed by atoms with Gasteiger partial charge in [0.2, 0.25) is 5.88 Å². The molecule has 0 aliphatic heterocycles. The first-order valence-corrected chi connectivity index (χ1v) is 9.69. The highest BCUT2D eigenvalue weighted by atomic mass is 35.5. The number of ether oxygens (including phenoxy) is 1. The molecule has 0 spiro atoms. The van der Waals surface area contributed by atoms with E-state index in [4.69, 9.17) is 21.4 Å². The average Bonchev–Trinajstić information content (AvgIpc) is 2.70. The highest BCUT2D eigenvalue weighted by Crippen LogP contribution is 2.33. The second-order valence-corrected chi connectivity index (χ2v) is 7.27. The number of nitrogens with zero attached hydrogens (tertiary/aromatic N) is 2. The number of benzene rings is 1. The number of halogens is 4. The van der Waals surface area contributed by atoms with Gasteiger partial charge in [0.25, 0.3) is 0 Å². The summed E-state index contributed by atoms with van der Waals surface area (Å²) in [6, 6.07) is 10.1. The van der Waals surface area contributed by atoms with E-state index in [1.165, 1.54) is 6.20 Å². The molecule has 0 fully saturated rings. The lowest BCUT2D eigenvalue weighted by Crippen LogP contribution is -2.06. The van der Waals surface area contributed by atoms with Gasteiger partial charge in [-0.1, -0.05) is 23.7 Å². The molecule has 0 saturated carbocycles. The van der Waals surface area contributed by atoms with Crippen LogP contribution in [-0.2, 0) is 19.0 Å². The van der Waals surface area contributed by atoms with Crippen molar-refractivity contribution in [3.8, 4) is 11.6 Å². The van der Waals surface area contributed by atoms with Crippen molar-refractivity contribution in [2.24, 2.45) is 0 Å². The number of alkyl halides is 3. The Morgan fingerprint density at radius 2 is 1.80 bits per heavy atom.